The van der Waals surface area contributed by atoms with E-state index in [4.69, 9.17) is 4.74 Å². The molecule has 1 rings (SSSR count). The fourth-order valence-electron chi connectivity index (χ4n) is 1.70. The third-order valence-electron chi connectivity index (χ3n) is 2.33. The van der Waals surface area contributed by atoms with Crippen molar-refractivity contribution in [3.05, 3.63) is 11.8 Å². The monoisotopic (exact) mass is 183 g/mol. The van der Waals surface area contributed by atoms with E-state index >= 15 is 0 Å². The molecule has 1 aliphatic rings. The molecule has 0 saturated heterocycles. The second-order valence-electron chi connectivity index (χ2n) is 3.50. The normalized spacial score (nSPS) is 19.1. The van der Waals surface area contributed by atoms with Crippen molar-refractivity contribution < 1.29 is 4.74 Å². The molecule has 13 heavy (non-hydrogen) atoms. The minimum absolute atomic E-state index is 0.454. The maximum absolute atomic E-state index is 5.64. The summed E-state index contributed by atoms with van der Waals surface area (Å²) in [6.07, 6.45) is 6.99. The predicted molar refractivity (Wildman–Crippen MR) is 55.6 cm³/mol. The summed E-state index contributed by atoms with van der Waals surface area (Å²) in [4.78, 5) is 0. The third kappa shape index (κ3) is 3.39. The van der Waals surface area contributed by atoms with Crippen molar-refractivity contribution >= 4 is 0 Å². The Kier molecular flexibility index (Phi) is 4.91. The zero-order valence-corrected chi connectivity index (χ0v) is 8.81. The summed E-state index contributed by atoms with van der Waals surface area (Å²) in [6.45, 7) is 6.28. The van der Waals surface area contributed by atoms with Crippen LogP contribution in [0.2, 0.25) is 0 Å². The molecule has 0 bridgehead atoms. The summed E-state index contributed by atoms with van der Waals surface area (Å²) in [7, 11) is 0. The van der Waals surface area contributed by atoms with Crippen LogP contribution in [-0.2, 0) is 4.74 Å². The van der Waals surface area contributed by atoms with Gasteiger partial charge in [-0.05, 0) is 31.9 Å². The van der Waals surface area contributed by atoms with E-state index in [1.807, 2.05) is 0 Å². The number of rotatable bonds is 5. The van der Waals surface area contributed by atoms with Gasteiger partial charge < -0.3 is 10.1 Å². The minimum atomic E-state index is 0.454. The van der Waals surface area contributed by atoms with Crippen LogP contribution in [0.15, 0.2) is 11.8 Å². The summed E-state index contributed by atoms with van der Waals surface area (Å²) in [5.74, 6) is 1.18. The smallest absolute Gasteiger partial charge is 0.109 e. The molecule has 0 amide bonds. The highest BCUT2D eigenvalue weighted by Crippen LogP contribution is 2.16. The van der Waals surface area contributed by atoms with Crippen LogP contribution in [0.25, 0.3) is 0 Å². The lowest BCUT2D eigenvalue weighted by molar-refractivity contribution is 0.165. The summed E-state index contributed by atoms with van der Waals surface area (Å²) in [5.41, 5.74) is 0. The maximum Gasteiger partial charge on any atom is 0.109 e. The molecule has 1 N–H and O–H groups in total. The van der Waals surface area contributed by atoms with Crippen molar-refractivity contribution in [1.29, 1.82) is 0 Å². The van der Waals surface area contributed by atoms with Crippen molar-refractivity contribution in [1.82, 2.24) is 5.32 Å². The lowest BCUT2D eigenvalue weighted by Crippen LogP contribution is -2.32. The molecule has 0 fully saturated rings. The topological polar surface area (TPSA) is 21.3 Å². The first-order chi connectivity index (χ1) is 6.38. The van der Waals surface area contributed by atoms with E-state index in [0.29, 0.717) is 6.04 Å². The van der Waals surface area contributed by atoms with Gasteiger partial charge in [0.2, 0.25) is 0 Å². The minimum Gasteiger partial charge on any atom is -0.497 e. The van der Waals surface area contributed by atoms with Crippen LogP contribution >= 0.6 is 0 Å². The highest BCUT2D eigenvalue weighted by Gasteiger charge is 2.15. The summed E-state index contributed by atoms with van der Waals surface area (Å²) in [6, 6.07) is 0.454. The molecule has 0 aromatic heterocycles. The van der Waals surface area contributed by atoms with Crippen molar-refractivity contribution in [2.45, 2.75) is 45.6 Å². The number of ether oxygens (including phenoxy) is 1. The summed E-state index contributed by atoms with van der Waals surface area (Å²) >= 11 is 0. The van der Waals surface area contributed by atoms with Gasteiger partial charge in [-0.1, -0.05) is 20.3 Å². The Hall–Kier alpha value is -0.500. The average molecular weight is 183 g/mol. The highest BCUT2D eigenvalue weighted by molar-refractivity contribution is 5.05. The Bertz CT molecular complexity index is 159. The van der Waals surface area contributed by atoms with Crippen molar-refractivity contribution in [2.75, 3.05) is 13.2 Å². The highest BCUT2D eigenvalue weighted by atomic mass is 16.5. The van der Waals surface area contributed by atoms with Gasteiger partial charge in [-0.15, -0.1) is 0 Å². The lowest BCUT2D eigenvalue weighted by atomic mass is 10.1. The second-order valence-corrected chi connectivity index (χ2v) is 3.50. The summed E-state index contributed by atoms with van der Waals surface area (Å²) in [5, 5.41) is 3.46. The number of hydrogen-bond donors (Lipinski definition) is 1. The molecule has 1 aliphatic heterocycles. The van der Waals surface area contributed by atoms with Gasteiger partial charge in [0.25, 0.3) is 0 Å². The zero-order chi connectivity index (χ0) is 9.52. The van der Waals surface area contributed by atoms with Gasteiger partial charge in [-0.3, -0.25) is 0 Å². The molecule has 76 valence electrons. The molecule has 0 radical (unpaired) electrons. The van der Waals surface area contributed by atoms with Gasteiger partial charge in [-0.2, -0.15) is 0 Å². The molecule has 1 unspecified atom stereocenters. The molecule has 1 atom stereocenters. The fraction of sp³-hybridized carbons (Fsp3) is 0.818. The van der Waals surface area contributed by atoms with Gasteiger partial charge in [0, 0.05) is 0 Å². The Morgan fingerprint density at radius 3 is 2.92 bits per heavy atom. The van der Waals surface area contributed by atoms with Crippen LogP contribution in [0, 0.1) is 0 Å². The first-order valence-electron chi connectivity index (χ1n) is 5.44. The lowest BCUT2D eigenvalue weighted by Gasteiger charge is -2.24. The summed E-state index contributed by atoms with van der Waals surface area (Å²) < 4.78 is 5.64. The van der Waals surface area contributed by atoms with E-state index in [-0.39, 0.29) is 0 Å². The molecular weight excluding hydrogens is 162 g/mol. The molecule has 0 aromatic rings. The maximum atomic E-state index is 5.64. The van der Waals surface area contributed by atoms with Crippen LogP contribution in [0.5, 0.6) is 0 Å². The predicted octanol–water partition coefficient (Wildman–Crippen LogP) is 2.46. The van der Waals surface area contributed by atoms with E-state index in [2.05, 4.69) is 25.2 Å². The quantitative estimate of drug-likeness (QED) is 0.707. The first kappa shape index (κ1) is 10.6. The van der Waals surface area contributed by atoms with Crippen molar-refractivity contribution in [2.24, 2.45) is 0 Å². The van der Waals surface area contributed by atoms with Crippen LogP contribution in [0.3, 0.4) is 0 Å². The average Bonchev–Trinajstić information content (AvgIpc) is 2.19. The molecule has 1 heterocycles. The second kappa shape index (κ2) is 6.03. The fourth-order valence-corrected chi connectivity index (χ4v) is 1.70. The van der Waals surface area contributed by atoms with Crippen LogP contribution in [0.4, 0.5) is 0 Å². The standard InChI is InChI=1S/C11H21NO/c1-3-7-10(12-4-2)11-8-5-6-9-13-11/h8,10,12H,3-7,9H2,1-2H3. The van der Waals surface area contributed by atoms with E-state index in [9.17, 15) is 0 Å². The Labute approximate surface area is 81.4 Å². The van der Waals surface area contributed by atoms with E-state index in [1.54, 1.807) is 0 Å². The van der Waals surface area contributed by atoms with Crippen LogP contribution in [0.1, 0.15) is 39.5 Å². The van der Waals surface area contributed by atoms with Gasteiger partial charge in [0.1, 0.15) is 5.76 Å². The van der Waals surface area contributed by atoms with Crippen molar-refractivity contribution in [3.8, 4) is 0 Å². The molecule has 0 aliphatic carbocycles. The molecule has 2 nitrogen and oxygen atoms in total. The first-order valence-corrected chi connectivity index (χ1v) is 5.44. The third-order valence-corrected chi connectivity index (χ3v) is 2.33. The van der Waals surface area contributed by atoms with E-state index < -0.39 is 0 Å². The molecule has 0 spiro atoms. The van der Waals surface area contributed by atoms with E-state index in [0.717, 1.165) is 13.2 Å². The molecular formula is C11H21NO. The van der Waals surface area contributed by atoms with Gasteiger partial charge >= 0.3 is 0 Å². The van der Waals surface area contributed by atoms with Crippen molar-refractivity contribution in [3.63, 3.8) is 0 Å². The van der Waals surface area contributed by atoms with Gasteiger partial charge in [0.15, 0.2) is 0 Å². The van der Waals surface area contributed by atoms with Crippen LogP contribution < -0.4 is 5.32 Å². The SMILES string of the molecule is CCCC(NCC)C1=CCCCO1. The molecule has 2 heteroatoms. The zero-order valence-electron chi connectivity index (χ0n) is 8.81. The largest absolute Gasteiger partial charge is 0.497 e. The molecule has 0 saturated carbocycles. The Morgan fingerprint density at radius 1 is 1.54 bits per heavy atom. The molecule has 0 aromatic carbocycles. The van der Waals surface area contributed by atoms with E-state index in [1.165, 1.54) is 31.4 Å². The van der Waals surface area contributed by atoms with Gasteiger partial charge in [-0.25, -0.2) is 0 Å². The van der Waals surface area contributed by atoms with Crippen LogP contribution in [-0.4, -0.2) is 19.2 Å². The van der Waals surface area contributed by atoms with Gasteiger partial charge in [0.05, 0.1) is 12.6 Å². The number of likely N-dealkylation sites (N-methyl/N-ethyl adjacent to an activating group) is 1. The number of allylic oxidation sites excluding steroid dienone is 1. The Balaban J connectivity index is 2.46. The number of hydrogen-bond acceptors (Lipinski definition) is 2. The number of nitrogens with one attached hydrogen (secondary N) is 1. The Morgan fingerprint density at radius 2 is 2.38 bits per heavy atom.